The van der Waals surface area contributed by atoms with Gasteiger partial charge in [-0.1, -0.05) is 18.7 Å². The molecule has 0 saturated heterocycles. The summed E-state index contributed by atoms with van der Waals surface area (Å²) in [5.41, 5.74) is 5.11. The molecule has 2 aliphatic carbocycles. The van der Waals surface area contributed by atoms with Gasteiger partial charge in [0.15, 0.2) is 0 Å². The third-order valence-electron chi connectivity index (χ3n) is 4.19. The van der Waals surface area contributed by atoms with E-state index in [-0.39, 0.29) is 5.91 Å². The Bertz CT molecular complexity index is 513. The van der Waals surface area contributed by atoms with Gasteiger partial charge in [-0.05, 0) is 55.0 Å². The summed E-state index contributed by atoms with van der Waals surface area (Å²) in [6.07, 6.45) is 5.38. The summed E-state index contributed by atoms with van der Waals surface area (Å²) in [5.74, 6) is 0.691. The SMILES string of the molecule is CCCNC(CSc1nnnn1C1CC1)(C(N)=O)C1CC1. The van der Waals surface area contributed by atoms with Crippen LogP contribution in [0.2, 0.25) is 0 Å². The third-order valence-corrected chi connectivity index (χ3v) is 5.32. The van der Waals surface area contributed by atoms with E-state index in [2.05, 4.69) is 27.8 Å². The predicted molar refractivity (Wildman–Crippen MR) is 79.8 cm³/mol. The highest BCUT2D eigenvalue weighted by molar-refractivity contribution is 7.99. The molecule has 3 rings (SSSR count). The van der Waals surface area contributed by atoms with Crippen LogP contribution in [0.15, 0.2) is 5.16 Å². The number of nitrogens with zero attached hydrogens (tertiary/aromatic N) is 4. The minimum atomic E-state index is -0.624. The summed E-state index contributed by atoms with van der Waals surface area (Å²) in [7, 11) is 0. The van der Waals surface area contributed by atoms with Gasteiger partial charge >= 0.3 is 0 Å². The summed E-state index contributed by atoms with van der Waals surface area (Å²) in [5, 5.41) is 16.1. The molecular weight excluding hydrogens is 288 g/mol. The smallest absolute Gasteiger partial charge is 0.238 e. The highest BCUT2D eigenvalue weighted by Crippen LogP contribution is 2.43. The van der Waals surface area contributed by atoms with E-state index in [0.717, 1.165) is 43.8 Å². The van der Waals surface area contributed by atoms with Crippen molar-refractivity contribution in [1.82, 2.24) is 25.5 Å². The van der Waals surface area contributed by atoms with Crippen molar-refractivity contribution in [2.24, 2.45) is 11.7 Å². The zero-order chi connectivity index (χ0) is 14.9. The van der Waals surface area contributed by atoms with Crippen molar-refractivity contribution in [2.45, 2.75) is 55.8 Å². The van der Waals surface area contributed by atoms with E-state index in [0.29, 0.717) is 17.7 Å². The maximum Gasteiger partial charge on any atom is 0.238 e. The molecule has 2 saturated carbocycles. The summed E-state index contributed by atoms with van der Waals surface area (Å²) in [6.45, 7) is 2.89. The minimum Gasteiger partial charge on any atom is -0.368 e. The number of hydrogen-bond donors (Lipinski definition) is 2. The summed E-state index contributed by atoms with van der Waals surface area (Å²) in [6, 6.07) is 0.440. The lowest BCUT2D eigenvalue weighted by molar-refractivity contribution is -0.124. The van der Waals surface area contributed by atoms with Gasteiger partial charge in [0.1, 0.15) is 5.54 Å². The molecule has 2 aliphatic rings. The van der Waals surface area contributed by atoms with Crippen LogP contribution in [0.25, 0.3) is 0 Å². The van der Waals surface area contributed by atoms with Gasteiger partial charge in [0.05, 0.1) is 6.04 Å². The van der Waals surface area contributed by atoms with Crippen LogP contribution < -0.4 is 11.1 Å². The lowest BCUT2D eigenvalue weighted by Gasteiger charge is -2.31. The van der Waals surface area contributed by atoms with E-state index < -0.39 is 5.54 Å². The Hall–Kier alpha value is -1.15. The number of nitrogens with one attached hydrogen (secondary N) is 1. The van der Waals surface area contributed by atoms with E-state index in [1.54, 1.807) is 0 Å². The Morgan fingerprint density at radius 1 is 1.48 bits per heavy atom. The molecular formula is C13H22N6OS. The van der Waals surface area contributed by atoms with Crippen LogP contribution in [0, 0.1) is 5.92 Å². The number of rotatable bonds is 9. The average molecular weight is 310 g/mol. The number of nitrogens with two attached hydrogens (primary N) is 1. The van der Waals surface area contributed by atoms with Crippen molar-refractivity contribution in [3.8, 4) is 0 Å². The van der Waals surface area contributed by atoms with Gasteiger partial charge in [-0.25, -0.2) is 4.68 Å². The number of thioether (sulfide) groups is 1. The van der Waals surface area contributed by atoms with Crippen molar-refractivity contribution < 1.29 is 4.79 Å². The Morgan fingerprint density at radius 3 is 2.81 bits per heavy atom. The summed E-state index contributed by atoms with van der Waals surface area (Å²) in [4.78, 5) is 12.1. The first-order valence-electron chi connectivity index (χ1n) is 7.63. The fraction of sp³-hybridized carbons (Fsp3) is 0.846. The second kappa shape index (κ2) is 5.92. The summed E-state index contributed by atoms with van der Waals surface area (Å²) >= 11 is 1.54. The van der Waals surface area contributed by atoms with Gasteiger partial charge in [0.25, 0.3) is 0 Å². The first-order valence-corrected chi connectivity index (χ1v) is 8.61. The molecule has 0 aromatic carbocycles. The first-order chi connectivity index (χ1) is 10.2. The third kappa shape index (κ3) is 3.06. The fourth-order valence-corrected chi connectivity index (χ4v) is 3.85. The molecule has 1 aromatic heterocycles. The number of primary amides is 1. The minimum absolute atomic E-state index is 0.253. The molecule has 1 amide bonds. The molecule has 0 bridgehead atoms. The van der Waals surface area contributed by atoms with E-state index in [1.165, 1.54) is 11.8 Å². The van der Waals surface area contributed by atoms with Gasteiger partial charge in [-0.15, -0.1) is 5.10 Å². The van der Waals surface area contributed by atoms with Crippen LogP contribution in [0.5, 0.6) is 0 Å². The topological polar surface area (TPSA) is 98.7 Å². The highest BCUT2D eigenvalue weighted by atomic mass is 32.2. The zero-order valence-corrected chi connectivity index (χ0v) is 13.1. The molecule has 7 nitrogen and oxygen atoms in total. The van der Waals surface area contributed by atoms with Gasteiger partial charge in [0.2, 0.25) is 11.1 Å². The number of carbonyl (C=O) groups excluding carboxylic acids is 1. The molecule has 2 fully saturated rings. The number of hydrogen-bond acceptors (Lipinski definition) is 6. The molecule has 1 aromatic rings. The Balaban J connectivity index is 1.71. The van der Waals surface area contributed by atoms with Crippen LogP contribution in [0.1, 0.15) is 45.1 Å². The van der Waals surface area contributed by atoms with Crippen LogP contribution >= 0.6 is 11.8 Å². The first kappa shape index (κ1) is 14.8. The molecule has 3 N–H and O–H groups in total. The Labute approximate surface area is 128 Å². The average Bonchev–Trinajstić information content (AvgIpc) is 3.38. The van der Waals surface area contributed by atoms with Gasteiger partial charge in [0, 0.05) is 5.75 Å². The molecule has 8 heteroatoms. The van der Waals surface area contributed by atoms with Crippen molar-refractivity contribution in [3.05, 3.63) is 0 Å². The highest BCUT2D eigenvalue weighted by Gasteiger charge is 2.49. The van der Waals surface area contributed by atoms with E-state index in [1.807, 2.05) is 4.68 Å². The van der Waals surface area contributed by atoms with E-state index in [9.17, 15) is 4.79 Å². The number of aromatic nitrogens is 4. The zero-order valence-electron chi connectivity index (χ0n) is 12.3. The largest absolute Gasteiger partial charge is 0.368 e. The quantitative estimate of drug-likeness (QED) is 0.653. The van der Waals surface area contributed by atoms with Crippen molar-refractivity contribution >= 4 is 17.7 Å². The lowest BCUT2D eigenvalue weighted by Crippen LogP contribution is -2.59. The molecule has 0 aliphatic heterocycles. The van der Waals surface area contributed by atoms with Gasteiger partial charge in [-0.2, -0.15) is 0 Å². The van der Waals surface area contributed by atoms with Crippen LogP contribution in [0.4, 0.5) is 0 Å². The molecule has 1 heterocycles. The number of carbonyl (C=O) groups is 1. The second-order valence-electron chi connectivity index (χ2n) is 5.96. The standard InChI is InChI=1S/C13H22N6OS/c1-2-7-15-13(11(14)20,9-3-4-9)8-21-12-16-17-18-19(12)10-5-6-10/h9-10,15H,2-8H2,1H3,(H2,14,20). The molecule has 1 unspecified atom stereocenters. The fourth-order valence-electron chi connectivity index (χ4n) is 2.60. The maximum absolute atomic E-state index is 12.1. The Morgan fingerprint density at radius 2 is 2.24 bits per heavy atom. The monoisotopic (exact) mass is 310 g/mol. The Kier molecular flexibility index (Phi) is 4.17. The van der Waals surface area contributed by atoms with Crippen LogP contribution in [-0.2, 0) is 4.79 Å². The molecule has 21 heavy (non-hydrogen) atoms. The number of amides is 1. The molecule has 1 atom stereocenters. The van der Waals surface area contributed by atoms with Crippen LogP contribution in [0.3, 0.4) is 0 Å². The van der Waals surface area contributed by atoms with E-state index in [4.69, 9.17) is 5.73 Å². The van der Waals surface area contributed by atoms with E-state index >= 15 is 0 Å². The van der Waals surface area contributed by atoms with Gasteiger partial charge in [-0.3, -0.25) is 4.79 Å². The predicted octanol–water partition coefficient (Wildman–Crippen LogP) is 0.734. The normalized spacial score (nSPS) is 21.2. The number of tetrazole rings is 1. The molecule has 116 valence electrons. The molecule has 0 spiro atoms. The second-order valence-corrected chi connectivity index (χ2v) is 6.91. The van der Waals surface area contributed by atoms with Crippen LogP contribution in [-0.4, -0.2) is 44.0 Å². The van der Waals surface area contributed by atoms with Gasteiger partial charge < -0.3 is 11.1 Å². The maximum atomic E-state index is 12.1. The summed E-state index contributed by atoms with van der Waals surface area (Å²) < 4.78 is 1.88. The van der Waals surface area contributed by atoms with Crippen molar-refractivity contribution in [2.75, 3.05) is 12.3 Å². The van der Waals surface area contributed by atoms with Crippen molar-refractivity contribution in [1.29, 1.82) is 0 Å². The van der Waals surface area contributed by atoms with Crippen molar-refractivity contribution in [3.63, 3.8) is 0 Å². The lowest BCUT2D eigenvalue weighted by atomic mass is 9.94. The molecule has 0 radical (unpaired) electrons.